The van der Waals surface area contributed by atoms with Gasteiger partial charge in [-0.3, -0.25) is 19.1 Å². The van der Waals surface area contributed by atoms with Gasteiger partial charge in [0.15, 0.2) is 18.2 Å². The maximum Gasteiger partial charge on any atom is 0.222 e. The molecule has 0 aliphatic carbocycles. The van der Waals surface area contributed by atoms with Gasteiger partial charge in [-0.15, -0.1) is 10.2 Å². The molecule has 0 bridgehead atoms. The van der Waals surface area contributed by atoms with Gasteiger partial charge >= 0.3 is 0 Å². The zero-order valence-corrected chi connectivity index (χ0v) is 21.8. The Morgan fingerprint density at radius 3 is 2.53 bits per heavy atom. The average molecular weight is 528 g/mol. The largest absolute Gasteiger partial charge is 0.485 e. The third-order valence-corrected chi connectivity index (χ3v) is 6.48. The second-order valence-electron chi connectivity index (χ2n) is 8.86. The lowest BCUT2D eigenvalue weighted by Gasteiger charge is -2.15. The van der Waals surface area contributed by atoms with Crippen LogP contribution in [0.3, 0.4) is 0 Å². The Balaban J connectivity index is 1.58. The number of ether oxygens (including phenoxy) is 1. The third-order valence-electron chi connectivity index (χ3n) is 6.23. The number of fused-ring (bicyclic) bond motifs is 3. The number of carbonyl (C=O) groups excluding carboxylic acids is 2. The molecule has 0 saturated carbocycles. The van der Waals surface area contributed by atoms with Crippen molar-refractivity contribution in [2.24, 2.45) is 4.99 Å². The molecule has 192 valence electrons. The number of benzene rings is 3. The molecule has 1 N–H and O–H groups in total. The summed E-state index contributed by atoms with van der Waals surface area (Å²) in [6.07, 6.45) is 0.117. The number of nitrogens with zero attached hydrogens (tertiary/aromatic N) is 4. The SMILES string of the molecule is CCNC(=O)C[C@@H]1N=C(c2ccc(Cl)cc2)c2cc(OCC(=O)c3ccccc3)ccc2-n2c(C)nnc21. The molecule has 2 heterocycles. The first kappa shape index (κ1) is 25.4. The van der Waals surface area contributed by atoms with Crippen LogP contribution in [-0.2, 0) is 4.79 Å². The first-order valence-corrected chi connectivity index (χ1v) is 12.7. The van der Waals surface area contributed by atoms with Crippen molar-refractivity contribution >= 4 is 29.0 Å². The van der Waals surface area contributed by atoms with Gasteiger partial charge < -0.3 is 10.1 Å². The van der Waals surface area contributed by atoms with Crippen molar-refractivity contribution in [2.45, 2.75) is 26.3 Å². The van der Waals surface area contributed by atoms with E-state index in [0.29, 0.717) is 40.2 Å². The van der Waals surface area contributed by atoms with E-state index in [-0.39, 0.29) is 24.7 Å². The van der Waals surface area contributed by atoms with Crippen LogP contribution in [0.25, 0.3) is 5.69 Å². The average Bonchev–Trinajstić information content (AvgIpc) is 3.25. The fourth-order valence-corrected chi connectivity index (χ4v) is 4.57. The number of halogens is 1. The maximum atomic E-state index is 12.6. The number of nitrogens with one attached hydrogen (secondary N) is 1. The monoisotopic (exact) mass is 527 g/mol. The second-order valence-corrected chi connectivity index (χ2v) is 9.29. The molecule has 3 aromatic carbocycles. The second kappa shape index (κ2) is 11.0. The van der Waals surface area contributed by atoms with Crippen LogP contribution < -0.4 is 10.1 Å². The number of aliphatic imine (C=N–C) groups is 1. The quantitative estimate of drug-likeness (QED) is 0.328. The minimum atomic E-state index is -0.565. The summed E-state index contributed by atoms with van der Waals surface area (Å²) in [6, 6.07) is 21.4. The maximum absolute atomic E-state index is 12.6. The molecule has 1 aromatic heterocycles. The van der Waals surface area contributed by atoms with E-state index in [1.165, 1.54) is 0 Å². The number of aryl methyl sites for hydroxylation is 1. The van der Waals surface area contributed by atoms with Crippen LogP contribution in [0.1, 0.15) is 52.5 Å². The van der Waals surface area contributed by atoms with Crippen LogP contribution in [0.4, 0.5) is 0 Å². The van der Waals surface area contributed by atoms with E-state index in [4.69, 9.17) is 21.3 Å². The van der Waals surface area contributed by atoms with Crippen molar-refractivity contribution < 1.29 is 14.3 Å². The molecular weight excluding hydrogens is 502 g/mol. The van der Waals surface area contributed by atoms with Crippen molar-refractivity contribution in [3.63, 3.8) is 0 Å². The molecule has 0 saturated heterocycles. The molecule has 0 fully saturated rings. The first-order valence-electron chi connectivity index (χ1n) is 12.3. The lowest BCUT2D eigenvalue weighted by atomic mass is 10.00. The summed E-state index contributed by atoms with van der Waals surface area (Å²) >= 11 is 6.17. The minimum Gasteiger partial charge on any atom is -0.485 e. The summed E-state index contributed by atoms with van der Waals surface area (Å²) in [4.78, 5) is 30.3. The van der Waals surface area contributed by atoms with E-state index >= 15 is 0 Å². The summed E-state index contributed by atoms with van der Waals surface area (Å²) in [7, 11) is 0. The molecule has 0 spiro atoms. The van der Waals surface area contributed by atoms with Gasteiger partial charge in [-0.05, 0) is 44.2 Å². The summed E-state index contributed by atoms with van der Waals surface area (Å²) in [5.74, 6) is 1.52. The van der Waals surface area contributed by atoms with E-state index in [9.17, 15) is 9.59 Å². The van der Waals surface area contributed by atoms with Crippen LogP contribution in [0.15, 0.2) is 77.8 Å². The molecule has 0 radical (unpaired) electrons. The highest BCUT2D eigenvalue weighted by Gasteiger charge is 2.30. The standard InChI is InChI=1S/C29H26ClN5O3/c1-3-31-27(37)16-24-29-34-33-18(2)35(29)25-14-13-22(38-17-26(36)19-7-5-4-6-8-19)15-23(25)28(32-24)20-9-11-21(30)12-10-20/h4-15,24H,3,16-17H2,1-2H3,(H,31,37)/t24-/m0/s1. The van der Waals surface area contributed by atoms with Crippen LogP contribution in [0.5, 0.6) is 5.75 Å². The Labute approximate surface area is 225 Å². The highest BCUT2D eigenvalue weighted by atomic mass is 35.5. The normalized spacial score (nSPS) is 14.1. The van der Waals surface area contributed by atoms with E-state index in [1.807, 2.05) is 66.9 Å². The highest BCUT2D eigenvalue weighted by Crippen LogP contribution is 2.34. The number of Topliss-reactive ketones (excluding diaryl/α,β-unsaturated/α-hetero) is 1. The van der Waals surface area contributed by atoms with Crippen molar-refractivity contribution in [1.82, 2.24) is 20.1 Å². The molecule has 1 aliphatic heterocycles. The van der Waals surface area contributed by atoms with Crippen LogP contribution in [-0.4, -0.2) is 45.3 Å². The Bertz CT molecular complexity index is 1510. The number of hydrogen-bond donors (Lipinski definition) is 1. The van der Waals surface area contributed by atoms with Gasteiger partial charge in [-0.2, -0.15) is 0 Å². The smallest absolute Gasteiger partial charge is 0.222 e. The summed E-state index contributed by atoms with van der Waals surface area (Å²) in [5.41, 5.74) is 3.64. The van der Waals surface area contributed by atoms with E-state index in [2.05, 4.69) is 15.5 Å². The van der Waals surface area contributed by atoms with Crippen molar-refractivity contribution in [2.75, 3.05) is 13.2 Å². The first-order chi connectivity index (χ1) is 18.4. The predicted molar refractivity (Wildman–Crippen MR) is 145 cm³/mol. The van der Waals surface area contributed by atoms with Crippen LogP contribution >= 0.6 is 11.6 Å². The Hall–Kier alpha value is -4.30. The van der Waals surface area contributed by atoms with Gasteiger partial charge in [-0.25, -0.2) is 0 Å². The molecule has 1 atom stereocenters. The Morgan fingerprint density at radius 2 is 1.79 bits per heavy atom. The van der Waals surface area contributed by atoms with Crippen molar-refractivity contribution in [3.8, 4) is 11.4 Å². The third kappa shape index (κ3) is 5.21. The van der Waals surface area contributed by atoms with Gasteiger partial charge in [0.2, 0.25) is 5.91 Å². The number of rotatable bonds is 8. The zero-order chi connectivity index (χ0) is 26.6. The van der Waals surface area contributed by atoms with E-state index in [1.54, 1.807) is 24.3 Å². The van der Waals surface area contributed by atoms with E-state index in [0.717, 1.165) is 16.8 Å². The van der Waals surface area contributed by atoms with Gasteiger partial charge in [0.25, 0.3) is 0 Å². The Kier molecular flexibility index (Phi) is 7.33. The zero-order valence-electron chi connectivity index (χ0n) is 21.0. The number of amides is 1. The topological polar surface area (TPSA) is 98.5 Å². The fraction of sp³-hybridized carbons (Fsp3) is 0.207. The molecule has 4 aromatic rings. The molecular formula is C29H26ClN5O3. The predicted octanol–water partition coefficient (Wildman–Crippen LogP) is 4.91. The van der Waals surface area contributed by atoms with Gasteiger partial charge in [-0.1, -0.05) is 54.1 Å². The number of carbonyl (C=O) groups is 2. The molecule has 5 rings (SSSR count). The van der Waals surface area contributed by atoms with Gasteiger partial charge in [0.1, 0.15) is 17.6 Å². The number of aromatic nitrogens is 3. The Morgan fingerprint density at radius 1 is 1.03 bits per heavy atom. The van der Waals surface area contributed by atoms with Crippen molar-refractivity contribution in [3.05, 3.63) is 106 Å². The summed E-state index contributed by atoms with van der Waals surface area (Å²) in [6.45, 7) is 4.15. The van der Waals surface area contributed by atoms with Gasteiger partial charge in [0, 0.05) is 28.3 Å². The number of ketones is 1. The molecule has 9 heteroatoms. The molecule has 1 amide bonds. The molecule has 38 heavy (non-hydrogen) atoms. The van der Waals surface area contributed by atoms with E-state index < -0.39 is 6.04 Å². The van der Waals surface area contributed by atoms with Gasteiger partial charge in [0.05, 0.1) is 17.8 Å². The van der Waals surface area contributed by atoms with Crippen LogP contribution in [0, 0.1) is 6.92 Å². The lowest BCUT2D eigenvalue weighted by molar-refractivity contribution is -0.121. The minimum absolute atomic E-state index is 0.104. The lowest BCUT2D eigenvalue weighted by Crippen LogP contribution is -2.25. The summed E-state index contributed by atoms with van der Waals surface area (Å²) < 4.78 is 7.85. The van der Waals surface area contributed by atoms with Crippen molar-refractivity contribution in [1.29, 1.82) is 0 Å². The highest BCUT2D eigenvalue weighted by molar-refractivity contribution is 6.30. The van der Waals surface area contributed by atoms with Crippen LogP contribution in [0.2, 0.25) is 5.02 Å². The summed E-state index contributed by atoms with van der Waals surface area (Å²) in [5, 5.41) is 12.1. The number of hydrogen-bond acceptors (Lipinski definition) is 6. The molecule has 1 aliphatic rings. The fourth-order valence-electron chi connectivity index (χ4n) is 4.44. The molecule has 0 unspecified atom stereocenters. The molecule has 8 nitrogen and oxygen atoms in total.